The lowest BCUT2D eigenvalue weighted by Crippen LogP contribution is -2.03. The molecule has 0 bridgehead atoms. The maximum absolute atomic E-state index is 11.0. The zero-order chi connectivity index (χ0) is 15.7. The van der Waals surface area contributed by atoms with Crippen LogP contribution in [0, 0.1) is 10.1 Å². The summed E-state index contributed by atoms with van der Waals surface area (Å²) in [4.78, 5) is 18.6. The Morgan fingerprint density at radius 1 is 1.45 bits per heavy atom. The molecule has 0 saturated heterocycles. The molecule has 10 heteroatoms. The topological polar surface area (TPSA) is 107 Å². The van der Waals surface area contributed by atoms with Crippen molar-refractivity contribution in [2.24, 2.45) is 0 Å². The van der Waals surface area contributed by atoms with E-state index in [0.29, 0.717) is 11.5 Å². The van der Waals surface area contributed by atoms with Gasteiger partial charge in [0, 0.05) is 12.1 Å². The second kappa shape index (κ2) is 5.45. The van der Waals surface area contributed by atoms with Crippen LogP contribution in [0.4, 0.5) is 17.3 Å². The van der Waals surface area contributed by atoms with E-state index in [9.17, 15) is 10.1 Å². The Bertz CT molecular complexity index is 865. The Kier molecular flexibility index (Phi) is 3.47. The predicted molar refractivity (Wildman–Crippen MR) is 78.7 cm³/mol. The van der Waals surface area contributed by atoms with Gasteiger partial charge >= 0.3 is 5.69 Å². The van der Waals surface area contributed by atoms with Crippen molar-refractivity contribution in [1.29, 1.82) is 0 Å². The minimum atomic E-state index is -0.547. The quantitative estimate of drug-likeness (QED) is 0.447. The molecule has 3 rings (SSSR count). The van der Waals surface area contributed by atoms with Gasteiger partial charge in [0.1, 0.15) is 16.8 Å². The van der Waals surface area contributed by atoms with E-state index in [1.807, 2.05) is 0 Å². The van der Waals surface area contributed by atoms with Crippen molar-refractivity contribution in [1.82, 2.24) is 19.6 Å². The number of hydrogen-bond acceptors (Lipinski definition) is 7. The van der Waals surface area contributed by atoms with Gasteiger partial charge in [0.15, 0.2) is 5.65 Å². The molecule has 0 atom stereocenters. The molecule has 112 valence electrons. The van der Waals surface area contributed by atoms with Crippen molar-refractivity contribution in [3.63, 3.8) is 0 Å². The van der Waals surface area contributed by atoms with E-state index in [1.165, 1.54) is 23.9 Å². The van der Waals surface area contributed by atoms with Crippen LogP contribution in [0.5, 0.6) is 5.75 Å². The highest BCUT2D eigenvalue weighted by atomic mass is 35.5. The lowest BCUT2D eigenvalue weighted by atomic mass is 10.3. The molecular formula is C12H9ClN6O3. The maximum Gasteiger partial charge on any atom is 0.316 e. The number of nitro groups is 1. The van der Waals surface area contributed by atoms with Gasteiger partial charge in [-0.1, -0.05) is 11.6 Å². The Balaban J connectivity index is 2.03. The summed E-state index contributed by atoms with van der Waals surface area (Å²) >= 11 is 5.94. The Labute approximate surface area is 128 Å². The Hall–Kier alpha value is -2.94. The molecule has 0 saturated carbocycles. The standard InChI is InChI=1S/C12H9ClN6O3/c1-22-8-6-14-10(4-7(8)19(20)21)17-12-5-9(13)16-11-2-3-15-18(11)12/h2-6H,1H3,(H,14,17). The van der Waals surface area contributed by atoms with Crippen molar-refractivity contribution >= 4 is 34.6 Å². The first-order valence-electron chi connectivity index (χ1n) is 6.04. The first-order valence-corrected chi connectivity index (χ1v) is 6.42. The number of nitrogens with one attached hydrogen (secondary N) is 1. The maximum atomic E-state index is 11.0. The predicted octanol–water partition coefficient (Wildman–Crippen LogP) is 2.44. The monoisotopic (exact) mass is 320 g/mol. The molecule has 22 heavy (non-hydrogen) atoms. The van der Waals surface area contributed by atoms with Gasteiger partial charge in [-0.15, -0.1) is 0 Å². The smallest absolute Gasteiger partial charge is 0.316 e. The highest BCUT2D eigenvalue weighted by molar-refractivity contribution is 6.29. The molecule has 3 aromatic heterocycles. The van der Waals surface area contributed by atoms with Gasteiger partial charge in [0.25, 0.3) is 0 Å². The summed E-state index contributed by atoms with van der Waals surface area (Å²) in [5.41, 5.74) is 0.342. The van der Waals surface area contributed by atoms with E-state index in [0.717, 1.165) is 0 Å². The third-order valence-corrected chi connectivity index (χ3v) is 3.04. The molecule has 0 amide bonds. The summed E-state index contributed by atoms with van der Waals surface area (Å²) in [6.07, 6.45) is 2.83. The zero-order valence-corrected chi connectivity index (χ0v) is 12.0. The number of pyridine rings is 1. The minimum Gasteiger partial charge on any atom is -0.489 e. The summed E-state index contributed by atoms with van der Waals surface area (Å²) in [5, 5.41) is 18.3. The van der Waals surface area contributed by atoms with E-state index >= 15 is 0 Å². The Morgan fingerprint density at radius 2 is 2.27 bits per heavy atom. The van der Waals surface area contributed by atoms with Crippen molar-refractivity contribution < 1.29 is 9.66 Å². The third-order valence-electron chi connectivity index (χ3n) is 2.85. The molecule has 0 fully saturated rings. The van der Waals surface area contributed by atoms with Crippen LogP contribution in [-0.4, -0.2) is 31.6 Å². The number of rotatable bonds is 4. The molecule has 0 unspecified atom stereocenters. The van der Waals surface area contributed by atoms with Crippen LogP contribution in [0.1, 0.15) is 0 Å². The second-order valence-electron chi connectivity index (χ2n) is 4.19. The molecule has 0 radical (unpaired) electrons. The number of ether oxygens (including phenoxy) is 1. The average molecular weight is 321 g/mol. The first kappa shape index (κ1) is 14.0. The van der Waals surface area contributed by atoms with Gasteiger partial charge in [0.2, 0.25) is 5.75 Å². The molecule has 0 spiro atoms. The molecule has 3 heterocycles. The van der Waals surface area contributed by atoms with Crippen LogP contribution in [0.2, 0.25) is 5.15 Å². The van der Waals surface area contributed by atoms with Gasteiger partial charge < -0.3 is 10.1 Å². The number of nitrogens with zero attached hydrogens (tertiary/aromatic N) is 5. The molecule has 0 aliphatic heterocycles. The fraction of sp³-hybridized carbons (Fsp3) is 0.0833. The van der Waals surface area contributed by atoms with Gasteiger partial charge in [-0.25, -0.2) is 9.97 Å². The van der Waals surface area contributed by atoms with Crippen molar-refractivity contribution in [2.45, 2.75) is 0 Å². The van der Waals surface area contributed by atoms with Gasteiger partial charge in [-0.05, 0) is 0 Å². The van der Waals surface area contributed by atoms with Crippen LogP contribution in [0.3, 0.4) is 0 Å². The van der Waals surface area contributed by atoms with Crippen molar-refractivity contribution in [2.75, 3.05) is 12.4 Å². The number of fused-ring (bicyclic) bond motifs is 1. The fourth-order valence-electron chi connectivity index (χ4n) is 1.90. The summed E-state index contributed by atoms with van der Waals surface area (Å²) in [5.74, 6) is 0.811. The van der Waals surface area contributed by atoms with Crippen LogP contribution < -0.4 is 10.1 Å². The molecule has 0 aliphatic carbocycles. The van der Waals surface area contributed by atoms with Gasteiger partial charge in [-0.3, -0.25) is 10.1 Å². The van der Waals surface area contributed by atoms with E-state index in [4.69, 9.17) is 16.3 Å². The average Bonchev–Trinajstić information content (AvgIpc) is 2.95. The SMILES string of the molecule is COc1cnc(Nc2cc(Cl)nc3ccnn23)cc1[N+](=O)[O-]. The number of methoxy groups -OCH3 is 1. The van der Waals surface area contributed by atoms with Crippen molar-refractivity contribution in [3.8, 4) is 5.75 Å². The van der Waals surface area contributed by atoms with Gasteiger partial charge in [0.05, 0.1) is 30.5 Å². The van der Waals surface area contributed by atoms with E-state index in [2.05, 4.69) is 20.4 Å². The summed E-state index contributed by atoms with van der Waals surface area (Å²) in [6, 6.07) is 4.49. The molecule has 9 nitrogen and oxygen atoms in total. The number of halogens is 1. The highest BCUT2D eigenvalue weighted by Crippen LogP contribution is 2.29. The lowest BCUT2D eigenvalue weighted by Gasteiger charge is -2.09. The normalized spacial score (nSPS) is 10.6. The van der Waals surface area contributed by atoms with Crippen molar-refractivity contribution in [3.05, 3.63) is 45.9 Å². The van der Waals surface area contributed by atoms with Gasteiger partial charge in [-0.2, -0.15) is 9.61 Å². The van der Waals surface area contributed by atoms with E-state index in [1.54, 1.807) is 18.3 Å². The summed E-state index contributed by atoms with van der Waals surface area (Å²) < 4.78 is 6.41. The second-order valence-corrected chi connectivity index (χ2v) is 4.58. The van der Waals surface area contributed by atoms with E-state index < -0.39 is 4.92 Å². The molecule has 3 aromatic rings. The number of anilines is 2. The van der Waals surface area contributed by atoms with Crippen LogP contribution in [0.15, 0.2) is 30.6 Å². The summed E-state index contributed by atoms with van der Waals surface area (Å²) in [7, 11) is 1.34. The highest BCUT2D eigenvalue weighted by Gasteiger charge is 2.17. The first-order chi connectivity index (χ1) is 10.6. The third kappa shape index (κ3) is 2.49. The summed E-state index contributed by atoms with van der Waals surface area (Å²) in [6.45, 7) is 0. The van der Waals surface area contributed by atoms with Crippen LogP contribution in [-0.2, 0) is 0 Å². The Morgan fingerprint density at radius 3 is 3.00 bits per heavy atom. The minimum absolute atomic E-state index is 0.0764. The number of aromatic nitrogens is 4. The van der Waals surface area contributed by atoms with E-state index in [-0.39, 0.29) is 22.4 Å². The van der Waals surface area contributed by atoms with Crippen LogP contribution in [0.25, 0.3) is 5.65 Å². The zero-order valence-electron chi connectivity index (χ0n) is 11.2. The lowest BCUT2D eigenvalue weighted by molar-refractivity contribution is -0.385. The molecule has 1 N–H and O–H groups in total. The molecule has 0 aromatic carbocycles. The molecule has 0 aliphatic rings. The fourth-order valence-corrected chi connectivity index (χ4v) is 2.09. The molecular weight excluding hydrogens is 312 g/mol. The largest absolute Gasteiger partial charge is 0.489 e. The number of hydrogen-bond donors (Lipinski definition) is 1. The van der Waals surface area contributed by atoms with Crippen LogP contribution >= 0.6 is 11.6 Å².